The molecule has 21 heavy (non-hydrogen) atoms. The van der Waals surface area contributed by atoms with Crippen LogP contribution in [-0.2, 0) is 0 Å². The lowest BCUT2D eigenvalue weighted by molar-refractivity contribution is 0.0711. The lowest BCUT2D eigenvalue weighted by Crippen LogP contribution is -2.40. The summed E-state index contributed by atoms with van der Waals surface area (Å²) in [4.78, 5) is 14.3. The minimum atomic E-state index is -0.116. The molecule has 1 amide bonds. The monoisotopic (exact) mass is 296 g/mol. The van der Waals surface area contributed by atoms with Crippen LogP contribution in [0.3, 0.4) is 0 Å². The first-order valence-corrected chi connectivity index (χ1v) is 6.81. The average Bonchev–Trinajstić information content (AvgIpc) is 2.49. The van der Waals surface area contributed by atoms with E-state index in [9.17, 15) is 4.79 Å². The van der Waals surface area contributed by atoms with E-state index in [2.05, 4.69) is 0 Å². The van der Waals surface area contributed by atoms with E-state index in [0.717, 1.165) is 0 Å². The van der Waals surface area contributed by atoms with Crippen molar-refractivity contribution in [3.05, 3.63) is 17.7 Å². The zero-order chi connectivity index (χ0) is 16.0. The Labute approximate surface area is 125 Å². The number of ether oxygens (including phenoxy) is 3. The molecule has 0 unspecified atom stereocenters. The standard InChI is InChI=1S/C15H24N2O4/c1-10(2)17(7-6-16)15(18)11-8-12(19-3)14(21-5)13(9-11)20-4/h8-10H,6-7,16H2,1-5H3. The van der Waals surface area contributed by atoms with E-state index in [4.69, 9.17) is 19.9 Å². The van der Waals surface area contributed by atoms with Gasteiger partial charge < -0.3 is 24.8 Å². The first-order chi connectivity index (χ1) is 9.99. The fourth-order valence-electron chi connectivity index (χ4n) is 2.10. The van der Waals surface area contributed by atoms with Crippen LogP contribution in [0.2, 0.25) is 0 Å². The summed E-state index contributed by atoms with van der Waals surface area (Å²) in [5.74, 6) is 1.26. The van der Waals surface area contributed by atoms with Gasteiger partial charge in [-0.05, 0) is 26.0 Å². The first-order valence-electron chi connectivity index (χ1n) is 6.81. The van der Waals surface area contributed by atoms with Crippen LogP contribution in [0.1, 0.15) is 24.2 Å². The van der Waals surface area contributed by atoms with Gasteiger partial charge in [0, 0.05) is 24.7 Å². The number of nitrogens with zero attached hydrogens (tertiary/aromatic N) is 1. The minimum absolute atomic E-state index is 0.0557. The van der Waals surface area contributed by atoms with Crippen molar-refractivity contribution in [3.63, 3.8) is 0 Å². The number of hydrogen-bond donors (Lipinski definition) is 1. The molecule has 2 N–H and O–H groups in total. The fraction of sp³-hybridized carbons (Fsp3) is 0.533. The number of benzene rings is 1. The quantitative estimate of drug-likeness (QED) is 0.826. The highest BCUT2D eigenvalue weighted by Crippen LogP contribution is 2.38. The molecule has 0 aliphatic rings. The summed E-state index contributed by atoms with van der Waals surface area (Å²) in [6.07, 6.45) is 0. The van der Waals surface area contributed by atoms with Gasteiger partial charge in [0.1, 0.15) is 0 Å². The summed E-state index contributed by atoms with van der Waals surface area (Å²) in [6.45, 7) is 4.80. The highest BCUT2D eigenvalue weighted by atomic mass is 16.5. The van der Waals surface area contributed by atoms with E-state index in [1.807, 2.05) is 13.8 Å². The molecule has 1 aromatic carbocycles. The second-order valence-corrected chi connectivity index (χ2v) is 4.79. The SMILES string of the molecule is COc1cc(C(=O)N(CCN)C(C)C)cc(OC)c1OC. The van der Waals surface area contributed by atoms with Crippen LogP contribution >= 0.6 is 0 Å². The molecule has 0 saturated heterocycles. The van der Waals surface area contributed by atoms with Gasteiger partial charge in [-0.2, -0.15) is 0 Å². The Bertz CT molecular complexity index is 464. The summed E-state index contributed by atoms with van der Waals surface area (Å²) in [7, 11) is 4.56. The van der Waals surface area contributed by atoms with Gasteiger partial charge in [-0.1, -0.05) is 0 Å². The van der Waals surface area contributed by atoms with Gasteiger partial charge in [-0.15, -0.1) is 0 Å². The molecule has 0 bridgehead atoms. The molecule has 0 aliphatic carbocycles. The number of carbonyl (C=O) groups is 1. The Hall–Kier alpha value is -1.95. The van der Waals surface area contributed by atoms with Crippen molar-refractivity contribution >= 4 is 5.91 Å². The summed E-state index contributed by atoms with van der Waals surface area (Å²) < 4.78 is 15.8. The van der Waals surface area contributed by atoms with E-state index >= 15 is 0 Å². The third-order valence-corrected chi connectivity index (χ3v) is 3.17. The molecule has 0 aliphatic heterocycles. The molecular formula is C15H24N2O4. The molecule has 6 nitrogen and oxygen atoms in total. The minimum Gasteiger partial charge on any atom is -0.493 e. The lowest BCUT2D eigenvalue weighted by Gasteiger charge is -2.26. The second-order valence-electron chi connectivity index (χ2n) is 4.79. The van der Waals surface area contributed by atoms with E-state index in [-0.39, 0.29) is 11.9 Å². The lowest BCUT2D eigenvalue weighted by atomic mass is 10.1. The summed E-state index contributed by atoms with van der Waals surface area (Å²) >= 11 is 0. The Kier molecular flexibility index (Phi) is 6.30. The second kappa shape index (κ2) is 7.73. The van der Waals surface area contributed by atoms with E-state index < -0.39 is 0 Å². The topological polar surface area (TPSA) is 74.0 Å². The number of nitrogens with two attached hydrogens (primary N) is 1. The Morgan fingerprint density at radius 3 is 2.00 bits per heavy atom. The fourth-order valence-corrected chi connectivity index (χ4v) is 2.10. The molecule has 0 fully saturated rings. The molecule has 0 atom stereocenters. The molecule has 1 aromatic rings. The van der Waals surface area contributed by atoms with Crippen LogP contribution in [0.15, 0.2) is 12.1 Å². The van der Waals surface area contributed by atoms with Gasteiger partial charge in [0.15, 0.2) is 11.5 Å². The molecular weight excluding hydrogens is 272 g/mol. The first kappa shape index (κ1) is 17.1. The molecule has 118 valence electrons. The third kappa shape index (κ3) is 3.78. The van der Waals surface area contributed by atoms with Crippen molar-refractivity contribution in [2.75, 3.05) is 34.4 Å². The van der Waals surface area contributed by atoms with Crippen LogP contribution in [0.4, 0.5) is 0 Å². The van der Waals surface area contributed by atoms with Crippen LogP contribution < -0.4 is 19.9 Å². The average molecular weight is 296 g/mol. The van der Waals surface area contributed by atoms with Crippen LogP contribution in [0.25, 0.3) is 0 Å². The largest absolute Gasteiger partial charge is 0.493 e. The third-order valence-electron chi connectivity index (χ3n) is 3.17. The van der Waals surface area contributed by atoms with Crippen LogP contribution in [0.5, 0.6) is 17.2 Å². The Morgan fingerprint density at radius 1 is 1.14 bits per heavy atom. The van der Waals surface area contributed by atoms with Gasteiger partial charge in [-0.25, -0.2) is 0 Å². The van der Waals surface area contributed by atoms with Gasteiger partial charge in [0.2, 0.25) is 5.75 Å². The highest BCUT2D eigenvalue weighted by molar-refractivity contribution is 5.95. The van der Waals surface area contributed by atoms with Crippen LogP contribution in [-0.4, -0.2) is 51.3 Å². The summed E-state index contributed by atoms with van der Waals surface area (Å²) in [6, 6.07) is 3.35. The number of hydrogen-bond acceptors (Lipinski definition) is 5. The number of carbonyl (C=O) groups excluding carboxylic acids is 1. The molecule has 0 spiro atoms. The summed E-state index contributed by atoms with van der Waals surface area (Å²) in [5.41, 5.74) is 6.06. The predicted octanol–water partition coefficient (Wildman–Crippen LogP) is 1.52. The van der Waals surface area contributed by atoms with Crippen molar-refractivity contribution in [3.8, 4) is 17.2 Å². The summed E-state index contributed by atoms with van der Waals surface area (Å²) in [5, 5.41) is 0. The van der Waals surface area contributed by atoms with E-state index in [1.54, 1.807) is 17.0 Å². The predicted molar refractivity (Wildman–Crippen MR) is 81.3 cm³/mol. The van der Waals surface area contributed by atoms with Crippen LogP contribution in [0, 0.1) is 0 Å². The Balaban J connectivity index is 3.26. The van der Waals surface area contributed by atoms with Crippen molar-refractivity contribution in [2.24, 2.45) is 5.73 Å². The van der Waals surface area contributed by atoms with Crippen molar-refractivity contribution in [2.45, 2.75) is 19.9 Å². The number of methoxy groups -OCH3 is 3. The van der Waals surface area contributed by atoms with Gasteiger partial charge in [-0.3, -0.25) is 4.79 Å². The normalized spacial score (nSPS) is 10.4. The van der Waals surface area contributed by atoms with Crippen molar-refractivity contribution in [1.82, 2.24) is 4.90 Å². The zero-order valence-corrected chi connectivity index (χ0v) is 13.3. The smallest absolute Gasteiger partial charge is 0.254 e. The molecule has 0 heterocycles. The van der Waals surface area contributed by atoms with Crippen molar-refractivity contribution < 1.29 is 19.0 Å². The maximum Gasteiger partial charge on any atom is 0.254 e. The maximum atomic E-state index is 12.6. The van der Waals surface area contributed by atoms with Gasteiger partial charge in [0.05, 0.1) is 21.3 Å². The zero-order valence-electron chi connectivity index (χ0n) is 13.3. The molecule has 1 rings (SSSR count). The molecule has 0 aromatic heterocycles. The van der Waals surface area contributed by atoms with Gasteiger partial charge in [0.25, 0.3) is 5.91 Å². The Morgan fingerprint density at radius 2 is 1.67 bits per heavy atom. The van der Waals surface area contributed by atoms with Crippen molar-refractivity contribution in [1.29, 1.82) is 0 Å². The molecule has 6 heteroatoms. The van der Waals surface area contributed by atoms with E-state index in [0.29, 0.717) is 35.9 Å². The van der Waals surface area contributed by atoms with Gasteiger partial charge >= 0.3 is 0 Å². The number of amides is 1. The number of rotatable bonds is 7. The molecule has 0 saturated carbocycles. The maximum absolute atomic E-state index is 12.6. The van der Waals surface area contributed by atoms with E-state index in [1.165, 1.54) is 21.3 Å². The molecule has 0 radical (unpaired) electrons. The highest BCUT2D eigenvalue weighted by Gasteiger charge is 2.22.